The number of nitrogens with zero attached hydrogens (tertiary/aromatic N) is 1. The average Bonchev–Trinajstić information content (AvgIpc) is 3.13. The molecule has 1 amide bonds. The lowest BCUT2D eigenvalue weighted by atomic mass is 10.1. The zero-order valence-corrected chi connectivity index (χ0v) is 10.5. The first kappa shape index (κ1) is 11.9. The van der Waals surface area contributed by atoms with Gasteiger partial charge >= 0.3 is 0 Å². The largest absolute Gasteiger partial charge is 0.325 e. The van der Waals surface area contributed by atoms with Gasteiger partial charge in [0.25, 0.3) is 0 Å². The summed E-state index contributed by atoms with van der Waals surface area (Å²) in [4.78, 5) is 11.9. The van der Waals surface area contributed by atoms with Crippen LogP contribution in [0.2, 0.25) is 0 Å². The van der Waals surface area contributed by atoms with Gasteiger partial charge in [0.15, 0.2) is 0 Å². The molecule has 2 heterocycles. The number of H-pyrrole nitrogens is 1. The minimum atomic E-state index is -0.0488. The summed E-state index contributed by atoms with van der Waals surface area (Å²) in [5.74, 6) is 0.0480. The molecule has 5 heteroatoms. The van der Waals surface area contributed by atoms with E-state index in [-0.39, 0.29) is 11.9 Å². The van der Waals surface area contributed by atoms with Crippen molar-refractivity contribution >= 4 is 11.6 Å². The summed E-state index contributed by atoms with van der Waals surface area (Å²) in [7, 11) is 0. The first-order valence-corrected chi connectivity index (χ1v) is 6.47. The fourth-order valence-corrected chi connectivity index (χ4v) is 2.29. The van der Waals surface area contributed by atoms with Crippen LogP contribution in [-0.2, 0) is 4.79 Å². The maximum atomic E-state index is 11.9. The first-order chi connectivity index (χ1) is 9.33. The van der Waals surface area contributed by atoms with Crippen LogP contribution >= 0.6 is 0 Å². The summed E-state index contributed by atoms with van der Waals surface area (Å²) in [5.41, 5.74) is 2.84. The number of aromatic nitrogens is 2. The van der Waals surface area contributed by atoms with Gasteiger partial charge in [-0.25, -0.2) is 0 Å². The smallest absolute Gasteiger partial charge is 0.241 e. The molecule has 1 aromatic heterocycles. The molecular formula is C14H16N4O. The van der Waals surface area contributed by atoms with Gasteiger partial charge in [-0.1, -0.05) is 12.1 Å². The number of hydrogen-bond acceptors (Lipinski definition) is 3. The molecule has 3 N–H and O–H groups in total. The van der Waals surface area contributed by atoms with Crippen molar-refractivity contribution in [1.82, 2.24) is 15.5 Å². The van der Waals surface area contributed by atoms with E-state index in [1.165, 1.54) is 0 Å². The number of amides is 1. The van der Waals surface area contributed by atoms with E-state index in [9.17, 15) is 4.79 Å². The second-order valence-corrected chi connectivity index (χ2v) is 4.69. The van der Waals surface area contributed by atoms with E-state index < -0.39 is 0 Å². The van der Waals surface area contributed by atoms with E-state index in [4.69, 9.17) is 0 Å². The van der Waals surface area contributed by atoms with E-state index in [1.54, 1.807) is 6.20 Å². The Bertz CT molecular complexity index is 541. The van der Waals surface area contributed by atoms with Crippen LogP contribution in [-0.4, -0.2) is 28.7 Å². The summed E-state index contributed by atoms with van der Waals surface area (Å²) in [6, 6.07) is 9.60. The Labute approximate surface area is 111 Å². The highest BCUT2D eigenvalue weighted by Crippen LogP contribution is 2.19. The summed E-state index contributed by atoms with van der Waals surface area (Å²) in [6.07, 6.45) is 3.70. The maximum absolute atomic E-state index is 11.9. The monoisotopic (exact) mass is 256 g/mol. The van der Waals surface area contributed by atoms with Gasteiger partial charge < -0.3 is 10.6 Å². The molecule has 1 saturated heterocycles. The highest BCUT2D eigenvalue weighted by molar-refractivity contribution is 5.95. The van der Waals surface area contributed by atoms with E-state index in [2.05, 4.69) is 20.8 Å². The molecule has 98 valence electrons. The van der Waals surface area contributed by atoms with E-state index in [0.717, 1.165) is 36.3 Å². The van der Waals surface area contributed by atoms with Crippen LogP contribution < -0.4 is 10.6 Å². The second kappa shape index (κ2) is 5.24. The van der Waals surface area contributed by atoms with Gasteiger partial charge in [-0.2, -0.15) is 5.10 Å². The van der Waals surface area contributed by atoms with Crippen molar-refractivity contribution < 1.29 is 4.79 Å². The molecule has 3 rings (SSSR count). The Hall–Kier alpha value is -2.14. The summed E-state index contributed by atoms with van der Waals surface area (Å²) < 4.78 is 0. The molecule has 0 aliphatic carbocycles. The van der Waals surface area contributed by atoms with Crippen molar-refractivity contribution in [2.75, 3.05) is 11.9 Å². The molecule has 0 saturated carbocycles. The molecule has 0 unspecified atom stereocenters. The van der Waals surface area contributed by atoms with Gasteiger partial charge in [0.05, 0.1) is 11.7 Å². The predicted octanol–water partition coefficient (Wildman–Crippen LogP) is 1.77. The van der Waals surface area contributed by atoms with Crippen LogP contribution in [0.3, 0.4) is 0 Å². The lowest BCUT2D eigenvalue weighted by molar-refractivity contribution is -0.117. The number of rotatable bonds is 3. The summed E-state index contributed by atoms with van der Waals surface area (Å²) in [6.45, 7) is 0.927. The van der Waals surface area contributed by atoms with E-state index in [0.29, 0.717) is 0 Å². The fraction of sp³-hybridized carbons (Fsp3) is 0.286. The third kappa shape index (κ3) is 2.66. The Morgan fingerprint density at radius 1 is 1.26 bits per heavy atom. The number of benzene rings is 1. The molecular weight excluding hydrogens is 240 g/mol. The van der Waals surface area contributed by atoms with Crippen molar-refractivity contribution in [2.45, 2.75) is 18.9 Å². The molecule has 1 aromatic carbocycles. The van der Waals surface area contributed by atoms with Gasteiger partial charge in [-0.05, 0) is 43.1 Å². The normalized spacial score (nSPS) is 18.4. The van der Waals surface area contributed by atoms with Crippen LogP contribution in [0, 0.1) is 0 Å². The highest BCUT2D eigenvalue weighted by Gasteiger charge is 2.21. The van der Waals surface area contributed by atoms with Crippen LogP contribution in [0.5, 0.6) is 0 Å². The van der Waals surface area contributed by atoms with Crippen molar-refractivity contribution in [3.8, 4) is 11.3 Å². The standard InChI is InChI=1S/C14H16N4O/c19-14(13-2-1-8-15-13)17-11-5-3-10(4-6-11)12-7-9-16-18-12/h3-7,9,13,15H,1-2,8H2,(H,16,18)(H,17,19)/t13-/m0/s1. The Kier molecular flexibility index (Phi) is 3.29. The molecule has 5 nitrogen and oxygen atoms in total. The molecule has 1 atom stereocenters. The van der Waals surface area contributed by atoms with Gasteiger partial charge in [0.1, 0.15) is 0 Å². The minimum absolute atomic E-state index is 0.0480. The molecule has 1 fully saturated rings. The van der Waals surface area contributed by atoms with Crippen LogP contribution in [0.4, 0.5) is 5.69 Å². The maximum Gasteiger partial charge on any atom is 0.241 e. The topological polar surface area (TPSA) is 69.8 Å². The third-order valence-corrected chi connectivity index (χ3v) is 3.34. The fourth-order valence-electron chi connectivity index (χ4n) is 2.29. The second-order valence-electron chi connectivity index (χ2n) is 4.69. The zero-order chi connectivity index (χ0) is 13.1. The molecule has 1 aliphatic rings. The first-order valence-electron chi connectivity index (χ1n) is 6.47. The molecule has 0 radical (unpaired) electrons. The molecule has 2 aromatic rings. The quantitative estimate of drug-likeness (QED) is 0.783. The average molecular weight is 256 g/mol. The van der Waals surface area contributed by atoms with E-state index in [1.807, 2.05) is 30.3 Å². The number of carbonyl (C=O) groups is 1. The predicted molar refractivity (Wildman–Crippen MR) is 73.7 cm³/mol. The Balaban J connectivity index is 1.67. The Morgan fingerprint density at radius 3 is 2.74 bits per heavy atom. The van der Waals surface area contributed by atoms with Gasteiger partial charge in [-0.15, -0.1) is 0 Å². The molecule has 0 spiro atoms. The van der Waals surface area contributed by atoms with Gasteiger partial charge in [-0.3, -0.25) is 9.89 Å². The highest BCUT2D eigenvalue weighted by atomic mass is 16.2. The molecule has 0 bridgehead atoms. The lowest BCUT2D eigenvalue weighted by Crippen LogP contribution is -2.35. The van der Waals surface area contributed by atoms with Crippen molar-refractivity contribution in [3.05, 3.63) is 36.5 Å². The Morgan fingerprint density at radius 2 is 2.11 bits per heavy atom. The lowest BCUT2D eigenvalue weighted by Gasteiger charge is -2.11. The summed E-state index contributed by atoms with van der Waals surface area (Å²) in [5, 5.41) is 12.9. The minimum Gasteiger partial charge on any atom is -0.325 e. The van der Waals surface area contributed by atoms with Crippen LogP contribution in [0.15, 0.2) is 36.5 Å². The SMILES string of the molecule is O=C(Nc1ccc(-c2ccn[nH]2)cc1)[C@@H]1CCCN1. The van der Waals surface area contributed by atoms with Gasteiger partial charge in [0, 0.05) is 11.9 Å². The molecule has 19 heavy (non-hydrogen) atoms. The van der Waals surface area contributed by atoms with Crippen molar-refractivity contribution in [3.63, 3.8) is 0 Å². The van der Waals surface area contributed by atoms with E-state index >= 15 is 0 Å². The van der Waals surface area contributed by atoms with Crippen LogP contribution in [0.25, 0.3) is 11.3 Å². The number of nitrogens with one attached hydrogen (secondary N) is 3. The van der Waals surface area contributed by atoms with Crippen molar-refractivity contribution in [2.24, 2.45) is 0 Å². The summed E-state index contributed by atoms with van der Waals surface area (Å²) >= 11 is 0. The van der Waals surface area contributed by atoms with Gasteiger partial charge in [0.2, 0.25) is 5.91 Å². The molecule has 1 aliphatic heterocycles. The number of hydrogen-bond donors (Lipinski definition) is 3. The van der Waals surface area contributed by atoms with Crippen molar-refractivity contribution in [1.29, 1.82) is 0 Å². The third-order valence-electron chi connectivity index (χ3n) is 3.34. The number of aromatic amines is 1. The number of anilines is 1. The van der Waals surface area contributed by atoms with Crippen LogP contribution in [0.1, 0.15) is 12.8 Å². The number of carbonyl (C=O) groups excluding carboxylic acids is 1. The zero-order valence-electron chi connectivity index (χ0n) is 10.5.